The van der Waals surface area contributed by atoms with Crippen LogP contribution in [0.4, 0.5) is 0 Å². The normalized spacial score (nSPS) is 12.4. The van der Waals surface area contributed by atoms with E-state index in [9.17, 15) is 0 Å². The van der Waals surface area contributed by atoms with Gasteiger partial charge in [0.05, 0.1) is 5.70 Å². The standard InChI is InChI=1S/2C14H11S.C8H7N.2ClH.Zr/c2*1-10-6-7-14(15-10)13-8-11-4-2-3-5-12(11)9-13;1-6-5-7-3-2-4-8(7)9-6;;;/h2*2-9H,1H3;2-5H,1H3;2*1H;/q2*-1;;;;+4/p-2. The molecule has 0 amide bonds. The van der Waals surface area contributed by atoms with Gasteiger partial charge in [0.25, 0.3) is 0 Å². The molecule has 0 radical (unpaired) electrons. The molecule has 208 valence electrons. The third-order valence-electron chi connectivity index (χ3n) is 6.77. The Balaban J connectivity index is 0.000000172. The summed E-state index contributed by atoms with van der Waals surface area (Å²) in [6.45, 7) is 6.31. The molecule has 1 aliphatic carbocycles. The largest absolute Gasteiger partial charge is 4.00 e. The summed E-state index contributed by atoms with van der Waals surface area (Å²) in [6.07, 6.45) is 8.23. The fourth-order valence-electron chi connectivity index (χ4n) is 4.86. The van der Waals surface area contributed by atoms with Gasteiger partial charge in [-0.3, -0.25) is 4.99 Å². The summed E-state index contributed by atoms with van der Waals surface area (Å²) < 4.78 is 0. The molecule has 0 bridgehead atoms. The van der Waals surface area contributed by atoms with E-state index in [2.05, 4.69) is 128 Å². The maximum absolute atomic E-state index is 4.27. The third kappa shape index (κ3) is 7.87. The zero-order chi connectivity index (χ0) is 26.8. The van der Waals surface area contributed by atoms with Gasteiger partial charge in [-0.2, -0.15) is 22.7 Å². The molecule has 0 saturated carbocycles. The molecule has 6 heteroatoms. The van der Waals surface area contributed by atoms with Crippen molar-refractivity contribution in [1.82, 2.24) is 0 Å². The monoisotopic (exact) mass is 699 g/mol. The molecule has 42 heavy (non-hydrogen) atoms. The fourth-order valence-corrected chi connectivity index (χ4v) is 6.57. The average molecular weight is 702 g/mol. The van der Waals surface area contributed by atoms with Crippen LogP contribution >= 0.6 is 22.7 Å². The molecule has 4 aromatic carbocycles. The zero-order valence-corrected chi connectivity index (χ0v) is 29.2. The molecule has 2 aromatic heterocycles. The molecule has 0 saturated heterocycles. The van der Waals surface area contributed by atoms with E-state index in [1.54, 1.807) is 0 Å². The van der Waals surface area contributed by atoms with Crippen LogP contribution in [0.5, 0.6) is 0 Å². The second-order valence-electron chi connectivity index (χ2n) is 9.83. The van der Waals surface area contributed by atoms with Crippen LogP contribution in [-0.4, -0.2) is 5.71 Å². The predicted octanol–water partition coefficient (Wildman–Crippen LogP) is 5.04. The SMILES string of the molecule is CC1=NC2=CC=CC2=C1.Cc1ccc(-c2cc3ccccc3[cH-]2)s1.Cc1ccc(-c2cc3ccccc3[cH-]2)s1.[Cl-].[Cl-].[Zr+4]. The second kappa shape index (κ2) is 15.2. The van der Waals surface area contributed by atoms with Gasteiger partial charge in [0.15, 0.2) is 0 Å². The molecule has 3 heterocycles. The maximum atomic E-state index is 4.27. The van der Waals surface area contributed by atoms with E-state index in [0.29, 0.717) is 0 Å². The second-order valence-corrected chi connectivity index (χ2v) is 12.4. The smallest absolute Gasteiger partial charge is 1.00 e. The third-order valence-corrected chi connectivity index (χ3v) is 8.87. The first-order valence-corrected chi connectivity index (χ1v) is 14.8. The summed E-state index contributed by atoms with van der Waals surface area (Å²) in [5, 5.41) is 5.33. The van der Waals surface area contributed by atoms with E-state index in [1.807, 2.05) is 41.7 Å². The number of nitrogens with zero attached hydrogens (tertiary/aromatic N) is 1. The van der Waals surface area contributed by atoms with Crippen molar-refractivity contribution in [3.8, 4) is 20.9 Å². The van der Waals surface area contributed by atoms with Crippen molar-refractivity contribution in [2.75, 3.05) is 0 Å². The number of aliphatic imine (C=N–C) groups is 1. The van der Waals surface area contributed by atoms with Gasteiger partial charge in [-0.05, 0) is 52.4 Å². The molecule has 0 fully saturated rings. The topological polar surface area (TPSA) is 12.4 Å². The molecule has 0 spiro atoms. The number of halogens is 2. The van der Waals surface area contributed by atoms with E-state index in [0.717, 1.165) is 11.4 Å². The minimum absolute atomic E-state index is 0. The van der Waals surface area contributed by atoms with Gasteiger partial charge in [0.1, 0.15) is 0 Å². The van der Waals surface area contributed by atoms with Gasteiger partial charge in [0.2, 0.25) is 0 Å². The Morgan fingerprint density at radius 3 is 1.57 bits per heavy atom. The van der Waals surface area contributed by atoms with Gasteiger partial charge < -0.3 is 24.8 Å². The Bertz CT molecular complexity index is 1730. The number of hydrogen-bond acceptors (Lipinski definition) is 3. The Morgan fingerprint density at radius 1 is 0.643 bits per heavy atom. The number of aryl methyl sites for hydroxylation is 2. The first-order valence-electron chi connectivity index (χ1n) is 13.1. The van der Waals surface area contributed by atoms with E-state index >= 15 is 0 Å². The first kappa shape index (κ1) is 33.9. The number of fused-ring (bicyclic) bond motifs is 3. The fraction of sp³-hybridized carbons (Fsp3) is 0.0833. The van der Waals surface area contributed by atoms with Gasteiger partial charge in [-0.1, -0.05) is 72.8 Å². The summed E-state index contributed by atoms with van der Waals surface area (Å²) >= 11 is 3.71. The molecule has 0 N–H and O–H groups in total. The summed E-state index contributed by atoms with van der Waals surface area (Å²) in [7, 11) is 0. The van der Waals surface area contributed by atoms with Crippen LogP contribution in [-0.2, 0) is 26.2 Å². The Labute approximate surface area is 287 Å². The molecule has 1 aliphatic heterocycles. The van der Waals surface area contributed by atoms with Gasteiger partial charge in [-0.25, -0.2) is 0 Å². The van der Waals surface area contributed by atoms with E-state index < -0.39 is 0 Å². The summed E-state index contributed by atoms with van der Waals surface area (Å²) in [6, 6.07) is 34.8. The minimum Gasteiger partial charge on any atom is -1.00 e. The van der Waals surface area contributed by atoms with Crippen LogP contribution < -0.4 is 24.8 Å². The van der Waals surface area contributed by atoms with E-state index in [-0.39, 0.29) is 51.0 Å². The number of rotatable bonds is 2. The van der Waals surface area contributed by atoms with Crippen LogP contribution in [0.1, 0.15) is 16.7 Å². The molecule has 1 nitrogen and oxygen atoms in total. The van der Waals surface area contributed by atoms with Crippen molar-refractivity contribution in [2.45, 2.75) is 20.8 Å². The van der Waals surface area contributed by atoms with Crippen molar-refractivity contribution in [3.05, 3.63) is 142 Å². The number of allylic oxidation sites excluding steroid dienone is 4. The molecule has 0 unspecified atom stereocenters. The van der Waals surface area contributed by atoms with Crippen molar-refractivity contribution in [3.63, 3.8) is 0 Å². The quantitative estimate of drug-likeness (QED) is 0.225. The zero-order valence-electron chi connectivity index (χ0n) is 23.6. The molecule has 8 rings (SSSR count). The van der Waals surface area contributed by atoms with Crippen molar-refractivity contribution in [1.29, 1.82) is 0 Å². The van der Waals surface area contributed by atoms with Crippen LogP contribution in [0, 0.1) is 13.8 Å². The molecular weight excluding hydrogens is 673 g/mol. The summed E-state index contributed by atoms with van der Waals surface area (Å²) in [5.41, 5.74) is 6.17. The summed E-state index contributed by atoms with van der Waals surface area (Å²) in [5.74, 6) is 0. The Morgan fingerprint density at radius 2 is 1.14 bits per heavy atom. The van der Waals surface area contributed by atoms with Crippen molar-refractivity contribution in [2.24, 2.45) is 4.99 Å². The maximum Gasteiger partial charge on any atom is 4.00 e. The minimum atomic E-state index is 0. The van der Waals surface area contributed by atoms with Crippen LogP contribution in [0.15, 0.2) is 138 Å². The van der Waals surface area contributed by atoms with E-state index in [1.165, 1.54) is 57.8 Å². The first-order chi connectivity index (χ1) is 19.0. The van der Waals surface area contributed by atoms with Crippen LogP contribution in [0.2, 0.25) is 0 Å². The molecular formula is C36H29Cl2NS2Zr. The number of thiophene rings is 2. The molecule has 6 aromatic rings. The van der Waals surface area contributed by atoms with Gasteiger partial charge in [0, 0.05) is 11.3 Å². The molecule has 2 aliphatic rings. The predicted molar refractivity (Wildman–Crippen MR) is 174 cm³/mol. The van der Waals surface area contributed by atoms with Gasteiger partial charge >= 0.3 is 26.2 Å². The Kier molecular flexibility index (Phi) is 12.3. The van der Waals surface area contributed by atoms with Crippen LogP contribution in [0.25, 0.3) is 42.4 Å². The van der Waals surface area contributed by atoms with Crippen molar-refractivity contribution >= 4 is 49.9 Å². The average Bonchev–Trinajstić information content (AvgIpc) is 3.75. The number of hydrogen-bond donors (Lipinski definition) is 0. The van der Waals surface area contributed by atoms with E-state index in [4.69, 9.17) is 0 Å². The summed E-state index contributed by atoms with van der Waals surface area (Å²) in [4.78, 5) is 9.74. The van der Waals surface area contributed by atoms with Crippen molar-refractivity contribution < 1.29 is 51.0 Å². The Hall–Kier alpha value is -2.59. The molecule has 0 atom stereocenters. The van der Waals surface area contributed by atoms with Crippen LogP contribution in [0.3, 0.4) is 0 Å². The number of benzene rings is 2. The van der Waals surface area contributed by atoms with Gasteiger partial charge in [-0.15, -0.1) is 69.1 Å².